The molecule has 0 aromatic carbocycles. The van der Waals surface area contributed by atoms with E-state index >= 15 is 0 Å². The first-order valence-corrected chi connectivity index (χ1v) is 5.78. The van der Waals surface area contributed by atoms with E-state index in [1.807, 2.05) is 7.05 Å². The number of likely N-dealkylation sites (tertiary alicyclic amines) is 1. The van der Waals surface area contributed by atoms with E-state index in [0.717, 1.165) is 25.9 Å². The number of nitrogens with zero attached hydrogens (tertiary/aromatic N) is 1. The van der Waals surface area contributed by atoms with Crippen LogP contribution in [0.1, 0.15) is 26.2 Å². The lowest BCUT2D eigenvalue weighted by atomic mass is 10.1. The van der Waals surface area contributed by atoms with Crippen LogP contribution in [-0.2, 0) is 14.3 Å². The third-order valence-corrected chi connectivity index (χ3v) is 2.86. The van der Waals surface area contributed by atoms with E-state index in [1.165, 1.54) is 0 Å². The molecule has 0 aromatic rings. The molecule has 0 saturated carbocycles. The normalized spacial score (nSPS) is 17.2. The molecule has 5 nitrogen and oxygen atoms in total. The molecule has 0 bridgehead atoms. The third kappa shape index (κ3) is 3.81. The van der Waals surface area contributed by atoms with Crippen molar-refractivity contribution >= 4 is 11.9 Å². The van der Waals surface area contributed by atoms with Crippen LogP contribution in [0.15, 0.2) is 0 Å². The molecule has 1 aliphatic heterocycles. The van der Waals surface area contributed by atoms with Gasteiger partial charge in [-0.2, -0.15) is 0 Å². The van der Waals surface area contributed by atoms with Crippen LogP contribution in [0.5, 0.6) is 0 Å². The fraction of sp³-hybridized carbons (Fsp3) is 0.818. The molecule has 92 valence electrons. The Labute approximate surface area is 96.1 Å². The average Bonchev–Trinajstić information content (AvgIpc) is 2.29. The Morgan fingerprint density at radius 3 is 2.50 bits per heavy atom. The van der Waals surface area contributed by atoms with Gasteiger partial charge in [-0.05, 0) is 26.8 Å². The second-order valence-electron chi connectivity index (χ2n) is 3.93. The molecule has 0 atom stereocenters. The highest BCUT2D eigenvalue weighted by Gasteiger charge is 2.23. The van der Waals surface area contributed by atoms with E-state index in [2.05, 4.69) is 5.32 Å². The minimum atomic E-state index is -0.428. The van der Waals surface area contributed by atoms with Gasteiger partial charge in [0.05, 0.1) is 6.61 Å². The average molecular weight is 228 g/mol. The maximum atomic E-state index is 11.7. The highest BCUT2D eigenvalue weighted by atomic mass is 16.5. The Morgan fingerprint density at radius 1 is 1.38 bits per heavy atom. The number of piperidine rings is 1. The molecule has 1 rings (SSSR count). The molecule has 1 amide bonds. The molecule has 16 heavy (non-hydrogen) atoms. The predicted octanol–water partition coefficient (Wildman–Crippen LogP) is 0.150. The van der Waals surface area contributed by atoms with Gasteiger partial charge < -0.3 is 15.0 Å². The lowest BCUT2D eigenvalue weighted by Crippen LogP contribution is -2.44. The molecule has 0 aliphatic carbocycles. The monoisotopic (exact) mass is 228 g/mol. The van der Waals surface area contributed by atoms with E-state index in [0.29, 0.717) is 12.6 Å². The summed E-state index contributed by atoms with van der Waals surface area (Å²) >= 11 is 0. The summed E-state index contributed by atoms with van der Waals surface area (Å²) in [5, 5.41) is 3.19. The van der Waals surface area contributed by atoms with Crippen molar-refractivity contribution in [3.05, 3.63) is 0 Å². The first-order valence-electron chi connectivity index (χ1n) is 5.78. The van der Waals surface area contributed by atoms with Gasteiger partial charge in [-0.15, -0.1) is 0 Å². The van der Waals surface area contributed by atoms with E-state index in [-0.39, 0.29) is 12.3 Å². The van der Waals surface area contributed by atoms with Gasteiger partial charge >= 0.3 is 5.97 Å². The van der Waals surface area contributed by atoms with Crippen molar-refractivity contribution in [3.8, 4) is 0 Å². The lowest BCUT2D eigenvalue weighted by Gasteiger charge is -2.31. The Morgan fingerprint density at radius 2 is 2.00 bits per heavy atom. The van der Waals surface area contributed by atoms with Gasteiger partial charge in [-0.1, -0.05) is 0 Å². The van der Waals surface area contributed by atoms with Crippen molar-refractivity contribution in [2.24, 2.45) is 0 Å². The minimum Gasteiger partial charge on any atom is -0.466 e. The van der Waals surface area contributed by atoms with Crippen LogP contribution in [0, 0.1) is 0 Å². The molecule has 1 saturated heterocycles. The van der Waals surface area contributed by atoms with Gasteiger partial charge in [-0.3, -0.25) is 9.59 Å². The Bertz CT molecular complexity index is 248. The van der Waals surface area contributed by atoms with Crippen LogP contribution in [0.4, 0.5) is 0 Å². The number of hydrogen-bond donors (Lipinski definition) is 1. The summed E-state index contributed by atoms with van der Waals surface area (Å²) in [5.74, 6) is -0.545. The zero-order valence-corrected chi connectivity index (χ0v) is 9.99. The number of rotatable bonds is 4. The highest BCUT2D eigenvalue weighted by molar-refractivity contribution is 5.94. The molecule has 1 fully saturated rings. The smallest absolute Gasteiger partial charge is 0.315 e. The topological polar surface area (TPSA) is 58.6 Å². The Balaban J connectivity index is 2.30. The van der Waals surface area contributed by atoms with Crippen molar-refractivity contribution in [2.75, 3.05) is 26.7 Å². The molecular formula is C11H20N2O3. The molecule has 1 N–H and O–H groups in total. The summed E-state index contributed by atoms with van der Waals surface area (Å²) in [7, 11) is 1.93. The number of amides is 1. The quantitative estimate of drug-likeness (QED) is 0.549. The van der Waals surface area contributed by atoms with Gasteiger partial charge in [0.1, 0.15) is 6.42 Å². The maximum Gasteiger partial charge on any atom is 0.315 e. The minimum absolute atomic E-state index is 0.118. The molecule has 0 spiro atoms. The van der Waals surface area contributed by atoms with Crippen LogP contribution in [0.3, 0.4) is 0 Å². The van der Waals surface area contributed by atoms with Crippen LogP contribution in [0.2, 0.25) is 0 Å². The van der Waals surface area contributed by atoms with Gasteiger partial charge in [0.2, 0.25) is 5.91 Å². The molecule has 5 heteroatoms. The van der Waals surface area contributed by atoms with Gasteiger partial charge in [0.15, 0.2) is 0 Å². The molecule has 1 heterocycles. The van der Waals surface area contributed by atoms with E-state index in [4.69, 9.17) is 4.74 Å². The molecular weight excluding hydrogens is 208 g/mol. The van der Waals surface area contributed by atoms with Crippen molar-refractivity contribution < 1.29 is 14.3 Å². The number of carbonyl (C=O) groups is 2. The number of nitrogens with one attached hydrogen (secondary N) is 1. The van der Waals surface area contributed by atoms with Gasteiger partial charge in [0, 0.05) is 19.1 Å². The molecule has 0 aromatic heterocycles. The first kappa shape index (κ1) is 13.0. The molecule has 0 unspecified atom stereocenters. The number of hydrogen-bond acceptors (Lipinski definition) is 4. The van der Waals surface area contributed by atoms with Crippen LogP contribution >= 0.6 is 0 Å². The summed E-state index contributed by atoms with van der Waals surface area (Å²) in [6.45, 7) is 3.52. The van der Waals surface area contributed by atoms with Crippen LogP contribution in [0.25, 0.3) is 0 Å². The van der Waals surface area contributed by atoms with Gasteiger partial charge in [-0.25, -0.2) is 0 Å². The second-order valence-corrected chi connectivity index (χ2v) is 3.93. The summed E-state index contributed by atoms with van der Waals surface area (Å²) in [6.07, 6.45) is 1.77. The molecule has 0 radical (unpaired) electrons. The van der Waals surface area contributed by atoms with E-state index < -0.39 is 5.97 Å². The lowest BCUT2D eigenvalue weighted by molar-refractivity contribution is -0.149. The summed E-state index contributed by atoms with van der Waals surface area (Å²) in [5.41, 5.74) is 0. The van der Waals surface area contributed by atoms with Crippen molar-refractivity contribution in [2.45, 2.75) is 32.2 Å². The van der Waals surface area contributed by atoms with Crippen molar-refractivity contribution in [3.63, 3.8) is 0 Å². The Kier molecular flexibility index (Phi) is 5.25. The fourth-order valence-corrected chi connectivity index (χ4v) is 1.86. The number of esters is 1. The zero-order chi connectivity index (χ0) is 12.0. The summed E-state index contributed by atoms with van der Waals surface area (Å²) in [6, 6.07) is 0.492. The van der Waals surface area contributed by atoms with Gasteiger partial charge in [0.25, 0.3) is 0 Å². The predicted molar refractivity (Wildman–Crippen MR) is 59.9 cm³/mol. The van der Waals surface area contributed by atoms with Crippen molar-refractivity contribution in [1.29, 1.82) is 0 Å². The number of carbonyl (C=O) groups excluding carboxylic acids is 2. The zero-order valence-electron chi connectivity index (χ0n) is 9.99. The van der Waals surface area contributed by atoms with E-state index in [1.54, 1.807) is 11.8 Å². The second kappa shape index (κ2) is 6.48. The SMILES string of the molecule is CCOC(=O)CC(=O)N1CCC(NC)CC1. The Hall–Kier alpha value is -1.10. The van der Waals surface area contributed by atoms with Crippen LogP contribution < -0.4 is 5.32 Å². The van der Waals surface area contributed by atoms with Crippen molar-refractivity contribution in [1.82, 2.24) is 10.2 Å². The van der Waals surface area contributed by atoms with E-state index in [9.17, 15) is 9.59 Å². The fourth-order valence-electron chi connectivity index (χ4n) is 1.86. The third-order valence-electron chi connectivity index (χ3n) is 2.86. The highest BCUT2D eigenvalue weighted by Crippen LogP contribution is 2.11. The summed E-state index contributed by atoms with van der Waals surface area (Å²) < 4.78 is 4.75. The summed E-state index contributed by atoms with van der Waals surface area (Å²) in [4.78, 5) is 24.6. The largest absolute Gasteiger partial charge is 0.466 e. The number of ether oxygens (including phenoxy) is 1. The van der Waals surface area contributed by atoms with Crippen LogP contribution in [-0.4, -0.2) is 49.6 Å². The maximum absolute atomic E-state index is 11.7. The molecule has 1 aliphatic rings. The first-order chi connectivity index (χ1) is 7.67. The standard InChI is InChI=1S/C11H20N2O3/c1-3-16-11(15)8-10(14)13-6-4-9(12-2)5-7-13/h9,12H,3-8H2,1-2H3.